The first kappa shape index (κ1) is 10.4. The predicted octanol–water partition coefficient (Wildman–Crippen LogP) is 1.15. The summed E-state index contributed by atoms with van der Waals surface area (Å²) in [5.41, 5.74) is 0. The number of nitrogens with one attached hydrogen (secondary N) is 2. The lowest BCUT2D eigenvalue weighted by atomic mass is 9.86. The summed E-state index contributed by atoms with van der Waals surface area (Å²) < 4.78 is 0. The van der Waals surface area contributed by atoms with Crippen molar-refractivity contribution in [1.29, 1.82) is 0 Å². The zero-order chi connectivity index (χ0) is 11.4. The van der Waals surface area contributed by atoms with E-state index in [-0.39, 0.29) is 0 Å². The minimum atomic E-state index is 0.335. The van der Waals surface area contributed by atoms with Crippen molar-refractivity contribution in [2.75, 3.05) is 13.1 Å². The number of hydrogen-bond acceptors (Lipinski definition) is 2. The molecule has 94 valence electrons. The van der Waals surface area contributed by atoms with E-state index >= 15 is 0 Å². The molecule has 5 atom stereocenters. The molecular formula is C14H22N2O. The summed E-state index contributed by atoms with van der Waals surface area (Å²) in [4.78, 5) is 12.0. The fourth-order valence-corrected chi connectivity index (χ4v) is 4.74. The average Bonchev–Trinajstić information content (AvgIpc) is 2.81. The molecule has 5 unspecified atom stereocenters. The van der Waals surface area contributed by atoms with Crippen molar-refractivity contribution < 1.29 is 4.79 Å². The average molecular weight is 234 g/mol. The van der Waals surface area contributed by atoms with Crippen molar-refractivity contribution in [3.8, 4) is 0 Å². The topological polar surface area (TPSA) is 41.1 Å². The van der Waals surface area contributed by atoms with E-state index in [2.05, 4.69) is 10.6 Å². The summed E-state index contributed by atoms with van der Waals surface area (Å²) in [6.45, 7) is 2.23. The number of hydrogen-bond donors (Lipinski definition) is 2. The SMILES string of the molecule is O=C(CC1CC2CCC1C2)NC1C2CNCC21. The number of fused-ring (bicyclic) bond motifs is 3. The molecule has 3 aliphatic carbocycles. The van der Waals surface area contributed by atoms with E-state index in [9.17, 15) is 4.79 Å². The van der Waals surface area contributed by atoms with Gasteiger partial charge in [-0.05, 0) is 48.9 Å². The van der Waals surface area contributed by atoms with Crippen LogP contribution in [-0.4, -0.2) is 25.0 Å². The predicted molar refractivity (Wildman–Crippen MR) is 65.3 cm³/mol. The Morgan fingerprint density at radius 3 is 2.65 bits per heavy atom. The van der Waals surface area contributed by atoms with Crippen molar-refractivity contribution in [3.05, 3.63) is 0 Å². The molecule has 1 aliphatic heterocycles. The van der Waals surface area contributed by atoms with Gasteiger partial charge in [0.15, 0.2) is 0 Å². The number of carbonyl (C=O) groups is 1. The number of amides is 1. The van der Waals surface area contributed by atoms with E-state index in [1.807, 2.05) is 0 Å². The van der Waals surface area contributed by atoms with E-state index in [1.54, 1.807) is 0 Å². The second-order valence-electron chi connectivity index (χ2n) is 6.72. The van der Waals surface area contributed by atoms with Gasteiger partial charge in [0.05, 0.1) is 0 Å². The van der Waals surface area contributed by atoms with Crippen LogP contribution in [0.4, 0.5) is 0 Å². The fourth-order valence-electron chi connectivity index (χ4n) is 4.74. The third kappa shape index (κ3) is 1.70. The van der Waals surface area contributed by atoms with Gasteiger partial charge in [-0.15, -0.1) is 0 Å². The Labute approximate surface area is 103 Å². The van der Waals surface area contributed by atoms with Gasteiger partial charge in [-0.2, -0.15) is 0 Å². The van der Waals surface area contributed by atoms with Crippen molar-refractivity contribution >= 4 is 5.91 Å². The van der Waals surface area contributed by atoms with Gasteiger partial charge in [-0.1, -0.05) is 6.42 Å². The quantitative estimate of drug-likeness (QED) is 0.769. The molecule has 3 heteroatoms. The molecule has 0 spiro atoms. The van der Waals surface area contributed by atoms with Crippen LogP contribution >= 0.6 is 0 Å². The largest absolute Gasteiger partial charge is 0.353 e. The van der Waals surface area contributed by atoms with E-state index in [1.165, 1.54) is 25.7 Å². The molecule has 0 aromatic rings. The summed E-state index contributed by atoms with van der Waals surface area (Å²) >= 11 is 0. The lowest BCUT2D eigenvalue weighted by molar-refractivity contribution is -0.122. The number of rotatable bonds is 3. The third-order valence-electron chi connectivity index (χ3n) is 5.75. The van der Waals surface area contributed by atoms with Crippen LogP contribution in [0.5, 0.6) is 0 Å². The molecule has 0 radical (unpaired) electrons. The zero-order valence-electron chi connectivity index (χ0n) is 10.3. The van der Waals surface area contributed by atoms with Crippen LogP contribution in [-0.2, 0) is 4.79 Å². The first-order chi connectivity index (χ1) is 8.31. The minimum absolute atomic E-state index is 0.335. The molecule has 3 nitrogen and oxygen atoms in total. The molecule has 1 heterocycles. The molecule has 2 N–H and O–H groups in total. The van der Waals surface area contributed by atoms with Crippen LogP contribution in [0.1, 0.15) is 32.1 Å². The number of piperidine rings is 1. The molecule has 1 saturated heterocycles. The van der Waals surface area contributed by atoms with E-state index in [0.717, 1.165) is 43.2 Å². The van der Waals surface area contributed by atoms with E-state index < -0.39 is 0 Å². The molecule has 4 aliphatic rings. The molecule has 2 bridgehead atoms. The van der Waals surface area contributed by atoms with E-state index in [0.29, 0.717) is 17.9 Å². The Kier molecular flexibility index (Phi) is 2.26. The Bertz CT molecular complexity index is 333. The van der Waals surface area contributed by atoms with Gasteiger partial charge in [-0.25, -0.2) is 0 Å². The molecule has 4 rings (SSSR count). The molecule has 3 saturated carbocycles. The first-order valence-corrected chi connectivity index (χ1v) is 7.31. The first-order valence-electron chi connectivity index (χ1n) is 7.31. The highest BCUT2D eigenvalue weighted by Crippen LogP contribution is 2.49. The van der Waals surface area contributed by atoms with Gasteiger partial charge < -0.3 is 10.6 Å². The molecule has 17 heavy (non-hydrogen) atoms. The van der Waals surface area contributed by atoms with Gasteiger partial charge >= 0.3 is 0 Å². The van der Waals surface area contributed by atoms with E-state index in [4.69, 9.17) is 0 Å². The summed E-state index contributed by atoms with van der Waals surface area (Å²) in [5.74, 6) is 4.39. The van der Waals surface area contributed by atoms with Crippen molar-refractivity contribution in [2.45, 2.75) is 38.1 Å². The zero-order valence-corrected chi connectivity index (χ0v) is 10.3. The Balaban J connectivity index is 1.27. The summed E-state index contributed by atoms with van der Waals surface area (Å²) in [7, 11) is 0. The summed E-state index contributed by atoms with van der Waals surface area (Å²) in [5, 5.41) is 6.63. The summed E-state index contributed by atoms with van der Waals surface area (Å²) in [6, 6.07) is 0.516. The highest BCUT2D eigenvalue weighted by Gasteiger charge is 2.53. The van der Waals surface area contributed by atoms with Crippen LogP contribution in [0.3, 0.4) is 0 Å². The Morgan fingerprint density at radius 1 is 1.18 bits per heavy atom. The standard InChI is InChI=1S/C14H22N2O/c17-13(16-14-11-6-15-7-12(11)14)5-10-4-8-1-2-9(10)3-8/h8-12,14-15H,1-7H2,(H,16,17). The van der Waals surface area contributed by atoms with Crippen LogP contribution in [0, 0.1) is 29.6 Å². The molecule has 0 aromatic carbocycles. The molecule has 0 aromatic heterocycles. The van der Waals surface area contributed by atoms with Gasteiger partial charge in [0.2, 0.25) is 5.91 Å². The maximum atomic E-state index is 12.0. The van der Waals surface area contributed by atoms with Gasteiger partial charge in [-0.3, -0.25) is 4.79 Å². The van der Waals surface area contributed by atoms with Gasteiger partial charge in [0, 0.05) is 25.6 Å². The second kappa shape index (κ2) is 3.71. The third-order valence-corrected chi connectivity index (χ3v) is 5.75. The van der Waals surface area contributed by atoms with Crippen LogP contribution in [0.2, 0.25) is 0 Å². The van der Waals surface area contributed by atoms with Crippen molar-refractivity contribution in [1.82, 2.24) is 10.6 Å². The smallest absolute Gasteiger partial charge is 0.220 e. The highest BCUT2D eigenvalue weighted by atomic mass is 16.1. The number of carbonyl (C=O) groups excluding carboxylic acids is 1. The van der Waals surface area contributed by atoms with Crippen molar-refractivity contribution in [3.63, 3.8) is 0 Å². The van der Waals surface area contributed by atoms with Crippen LogP contribution in [0.25, 0.3) is 0 Å². The fraction of sp³-hybridized carbons (Fsp3) is 0.929. The molecule has 4 fully saturated rings. The Morgan fingerprint density at radius 2 is 2.00 bits per heavy atom. The van der Waals surface area contributed by atoms with Crippen LogP contribution in [0.15, 0.2) is 0 Å². The molecule has 1 amide bonds. The van der Waals surface area contributed by atoms with Crippen molar-refractivity contribution in [2.24, 2.45) is 29.6 Å². The lowest BCUT2D eigenvalue weighted by Gasteiger charge is -2.21. The maximum Gasteiger partial charge on any atom is 0.220 e. The van der Waals surface area contributed by atoms with Gasteiger partial charge in [0.25, 0.3) is 0 Å². The second-order valence-corrected chi connectivity index (χ2v) is 6.72. The lowest BCUT2D eigenvalue weighted by Crippen LogP contribution is -2.34. The van der Waals surface area contributed by atoms with Crippen LogP contribution < -0.4 is 10.6 Å². The Hall–Kier alpha value is -0.570. The summed E-state index contributed by atoms with van der Waals surface area (Å²) in [6.07, 6.45) is 6.38. The van der Waals surface area contributed by atoms with Gasteiger partial charge in [0.1, 0.15) is 0 Å². The monoisotopic (exact) mass is 234 g/mol. The molecular weight excluding hydrogens is 212 g/mol. The highest BCUT2D eigenvalue weighted by molar-refractivity contribution is 5.77. The minimum Gasteiger partial charge on any atom is -0.353 e. The maximum absolute atomic E-state index is 12.0. The normalized spacial score (nSPS) is 50.4.